The maximum Gasteiger partial charge on any atom is 0.239 e. The highest BCUT2D eigenvalue weighted by molar-refractivity contribution is 5.93. The van der Waals surface area contributed by atoms with Gasteiger partial charge in [0.25, 0.3) is 0 Å². The Balaban J connectivity index is 1.43. The third-order valence-electron chi connectivity index (χ3n) is 5.25. The highest BCUT2D eigenvalue weighted by Gasteiger charge is 2.21. The second-order valence-electron chi connectivity index (χ2n) is 9.20. The Morgan fingerprint density at radius 2 is 1.91 bits per heavy atom. The first-order valence-electron chi connectivity index (χ1n) is 10.5. The van der Waals surface area contributed by atoms with Gasteiger partial charge in [-0.1, -0.05) is 50.2 Å². The maximum atomic E-state index is 12.4. The zero-order chi connectivity index (χ0) is 22.9. The van der Waals surface area contributed by atoms with Crippen molar-refractivity contribution in [3.05, 3.63) is 59.5 Å². The van der Waals surface area contributed by atoms with Crippen molar-refractivity contribution in [1.29, 1.82) is 0 Å². The Morgan fingerprint density at radius 1 is 1.16 bits per heavy atom. The van der Waals surface area contributed by atoms with E-state index in [-0.39, 0.29) is 23.7 Å². The first-order chi connectivity index (χ1) is 15.2. The molecular formula is C24H27N5O3. The Bertz CT molecular complexity index is 1150. The number of hydrogen-bond acceptors (Lipinski definition) is 6. The summed E-state index contributed by atoms with van der Waals surface area (Å²) in [5.74, 6) is 1.53. The SMILES string of the molecule is CN1CC(=O)Nc2ncc(-c3ccc(CC(=O)Nc4cc(C(C)(C)C)on4)cc3)cc2C1. The molecule has 0 saturated heterocycles. The van der Waals surface area contributed by atoms with Crippen LogP contribution in [-0.4, -0.2) is 40.4 Å². The van der Waals surface area contributed by atoms with Gasteiger partial charge in [-0.25, -0.2) is 4.98 Å². The Kier molecular flexibility index (Phi) is 5.80. The van der Waals surface area contributed by atoms with E-state index < -0.39 is 0 Å². The van der Waals surface area contributed by atoms with Crippen molar-refractivity contribution in [2.24, 2.45) is 0 Å². The van der Waals surface area contributed by atoms with Crippen molar-refractivity contribution in [2.45, 2.75) is 39.2 Å². The molecule has 8 nitrogen and oxygen atoms in total. The molecular weight excluding hydrogens is 406 g/mol. The number of benzene rings is 1. The van der Waals surface area contributed by atoms with Crippen LogP contribution in [0.3, 0.4) is 0 Å². The summed E-state index contributed by atoms with van der Waals surface area (Å²) >= 11 is 0. The molecule has 0 bridgehead atoms. The molecule has 2 aromatic heterocycles. The molecule has 0 unspecified atom stereocenters. The standard InChI is InChI=1S/C24H27N5O3/c1-24(2,3)19-11-20(28-32-19)26-21(30)9-15-5-7-16(8-6-15)17-10-18-13-29(4)14-22(31)27-23(18)25-12-17/h5-8,10-12H,9,13-14H2,1-4H3,(H,25,27,31)(H,26,28,30). The van der Waals surface area contributed by atoms with Crippen LogP contribution in [0.2, 0.25) is 0 Å². The van der Waals surface area contributed by atoms with Crippen molar-refractivity contribution < 1.29 is 14.1 Å². The van der Waals surface area contributed by atoms with Crippen molar-refractivity contribution in [2.75, 3.05) is 24.2 Å². The molecule has 0 atom stereocenters. The van der Waals surface area contributed by atoms with E-state index in [9.17, 15) is 9.59 Å². The third kappa shape index (κ3) is 5.03. The molecule has 0 fully saturated rings. The van der Waals surface area contributed by atoms with Gasteiger partial charge in [-0.15, -0.1) is 0 Å². The molecule has 4 rings (SSSR count). The van der Waals surface area contributed by atoms with E-state index in [1.165, 1.54) is 0 Å². The highest BCUT2D eigenvalue weighted by atomic mass is 16.5. The van der Waals surface area contributed by atoms with Crippen molar-refractivity contribution in [1.82, 2.24) is 15.0 Å². The second kappa shape index (κ2) is 8.55. The molecule has 2 amide bonds. The molecule has 3 aromatic rings. The molecule has 2 N–H and O–H groups in total. The zero-order valence-corrected chi connectivity index (χ0v) is 18.7. The highest BCUT2D eigenvalue weighted by Crippen LogP contribution is 2.26. The number of hydrogen-bond donors (Lipinski definition) is 2. The lowest BCUT2D eigenvalue weighted by Crippen LogP contribution is -2.26. The fourth-order valence-corrected chi connectivity index (χ4v) is 3.54. The van der Waals surface area contributed by atoms with Crippen LogP contribution in [0.15, 0.2) is 47.1 Å². The van der Waals surface area contributed by atoms with E-state index >= 15 is 0 Å². The van der Waals surface area contributed by atoms with E-state index in [4.69, 9.17) is 4.52 Å². The molecule has 1 aliphatic rings. The smallest absolute Gasteiger partial charge is 0.239 e. The van der Waals surface area contributed by atoms with E-state index in [1.54, 1.807) is 12.3 Å². The summed E-state index contributed by atoms with van der Waals surface area (Å²) in [6.45, 7) is 7.05. The monoisotopic (exact) mass is 433 g/mol. The first kappa shape index (κ1) is 21.7. The summed E-state index contributed by atoms with van der Waals surface area (Å²) in [6, 6.07) is 11.6. The van der Waals surface area contributed by atoms with Crippen LogP contribution in [0.25, 0.3) is 11.1 Å². The number of carbonyl (C=O) groups excluding carboxylic acids is 2. The van der Waals surface area contributed by atoms with Gasteiger partial charge >= 0.3 is 0 Å². The number of carbonyl (C=O) groups is 2. The molecule has 1 aromatic carbocycles. The topological polar surface area (TPSA) is 100 Å². The summed E-state index contributed by atoms with van der Waals surface area (Å²) < 4.78 is 5.31. The van der Waals surface area contributed by atoms with Crippen LogP contribution in [-0.2, 0) is 28.0 Å². The summed E-state index contributed by atoms with van der Waals surface area (Å²) in [5.41, 5.74) is 3.65. The fourth-order valence-electron chi connectivity index (χ4n) is 3.54. The van der Waals surface area contributed by atoms with Crippen LogP contribution in [0.5, 0.6) is 0 Å². The molecule has 0 spiro atoms. The number of rotatable bonds is 4. The molecule has 8 heteroatoms. The predicted octanol–water partition coefficient (Wildman–Crippen LogP) is 3.60. The number of nitrogens with zero attached hydrogens (tertiary/aromatic N) is 3. The van der Waals surface area contributed by atoms with Crippen LogP contribution >= 0.6 is 0 Å². The van der Waals surface area contributed by atoms with Gasteiger partial charge in [-0.2, -0.15) is 0 Å². The minimum absolute atomic E-state index is 0.0608. The van der Waals surface area contributed by atoms with Gasteiger partial charge in [0.1, 0.15) is 11.6 Å². The Hall–Kier alpha value is -3.52. The normalized spacial score (nSPS) is 14.4. The lowest BCUT2D eigenvalue weighted by atomic mass is 9.93. The molecule has 32 heavy (non-hydrogen) atoms. The molecule has 1 aliphatic heterocycles. The minimum atomic E-state index is -0.169. The fraction of sp³-hybridized carbons (Fsp3) is 0.333. The maximum absolute atomic E-state index is 12.4. The molecule has 0 aliphatic carbocycles. The van der Waals surface area contributed by atoms with E-state index in [1.807, 2.05) is 63.1 Å². The second-order valence-corrected chi connectivity index (χ2v) is 9.20. The first-order valence-corrected chi connectivity index (χ1v) is 10.5. The van der Waals surface area contributed by atoms with Gasteiger partial charge in [-0.05, 0) is 24.2 Å². The Labute approximate surface area is 187 Å². The molecule has 0 saturated carbocycles. The molecule has 166 valence electrons. The third-order valence-corrected chi connectivity index (χ3v) is 5.25. The van der Waals surface area contributed by atoms with Gasteiger partial charge in [-0.3, -0.25) is 14.5 Å². The summed E-state index contributed by atoms with van der Waals surface area (Å²) in [5, 5.41) is 9.55. The Morgan fingerprint density at radius 3 is 2.59 bits per heavy atom. The van der Waals surface area contributed by atoms with Gasteiger partial charge in [0.2, 0.25) is 11.8 Å². The number of aromatic nitrogens is 2. The van der Waals surface area contributed by atoms with Gasteiger partial charge in [0.15, 0.2) is 5.82 Å². The van der Waals surface area contributed by atoms with Crippen LogP contribution < -0.4 is 10.6 Å². The zero-order valence-electron chi connectivity index (χ0n) is 18.7. The van der Waals surface area contributed by atoms with Gasteiger partial charge in [0, 0.05) is 35.3 Å². The largest absolute Gasteiger partial charge is 0.359 e. The number of nitrogens with one attached hydrogen (secondary N) is 2. The lowest BCUT2D eigenvalue weighted by Gasteiger charge is -2.12. The van der Waals surface area contributed by atoms with Crippen LogP contribution in [0.4, 0.5) is 11.6 Å². The number of pyridine rings is 1. The number of amides is 2. The lowest BCUT2D eigenvalue weighted by molar-refractivity contribution is -0.117. The molecule has 3 heterocycles. The van der Waals surface area contributed by atoms with Gasteiger partial charge in [0.05, 0.1) is 13.0 Å². The number of anilines is 2. The van der Waals surface area contributed by atoms with E-state index in [2.05, 4.69) is 20.8 Å². The van der Waals surface area contributed by atoms with E-state index in [0.717, 1.165) is 28.0 Å². The molecule has 0 radical (unpaired) electrons. The van der Waals surface area contributed by atoms with E-state index in [0.29, 0.717) is 24.7 Å². The van der Waals surface area contributed by atoms with Gasteiger partial charge < -0.3 is 15.2 Å². The van der Waals surface area contributed by atoms with Crippen LogP contribution in [0.1, 0.15) is 37.7 Å². The average Bonchev–Trinajstić information content (AvgIpc) is 3.13. The minimum Gasteiger partial charge on any atom is -0.359 e. The van der Waals surface area contributed by atoms with Crippen molar-refractivity contribution in [3.63, 3.8) is 0 Å². The average molecular weight is 434 g/mol. The number of fused-ring (bicyclic) bond motifs is 1. The summed E-state index contributed by atoms with van der Waals surface area (Å²) in [6.07, 6.45) is 1.99. The number of likely N-dealkylation sites (N-methyl/N-ethyl adjacent to an activating group) is 1. The van der Waals surface area contributed by atoms with Crippen molar-refractivity contribution in [3.8, 4) is 11.1 Å². The predicted molar refractivity (Wildman–Crippen MR) is 122 cm³/mol. The summed E-state index contributed by atoms with van der Waals surface area (Å²) in [7, 11) is 1.91. The van der Waals surface area contributed by atoms with Crippen LogP contribution in [0, 0.1) is 0 Å². The summed E-state index contributed by atoms with van der Waals surface area (Å²) in [4.78, 5) is 30.7. The quantitative estimate of drug-likeness (QED) is 0.652. The van der Waals surface area contributed by atoms with Crippen molar-refractivity contribution >= 4 is 23.5 Å².